The summed E-state index contributed by atoms with van der Waals surface area (Å²) in [6.45, 7) is 8.33. The maximum absolute atomic E-state index is 13.1. The van der Waals surface area contributed by atoms with E-state index in [2.05, 4.69) is 53.6 Å². The molecule has 0 saturated heterocycles. The molecular formula is C20H21ClN4O2. The molecule has 0 bridgehead atoms. The van der Waals surface area contributed by atoms with E-state index in [9.17, 15) is 4.79 Å². The lowest BCUT2D eigenvalue weighted by molar-refractivity contribution is 0.0989. The van der Waals surface area contributed by atoms with Crippen molar-refractivity contribution >= 4 is 34.1 Å². The average molecular weight is 385 g/mol. The number of carbonyl (C=O) groups is 1. The van der Waals surface area contributed by atoms with E-state index in [0.29, 0.717) is 13.2 Å². The van der Waals surface area contributed by atoms with Gasteiger partial charge in [-0.3, -0.25) is 4.79 Å². The van der Waals surface area contributed by atoms with Crippen LogP contribution in [-0.2, 0) is 6.54 Å². The molecule has 140 valence electrons. The van der Waals surface area contributed by atoms with Gasteiger partial charge in [-0.2, -0.15) is 0 Å². The van der Waals surface area contributed by atoms with Crippen molar-refractivity contribution in [3.8, 4) is 5.88 Å². The molecule has 1 amide bonds. The van der Waals surface area contributed by atoms with Crippen LogP contribution < -0.4 is 9.64 Å². The van der Waals surface area contributed by atoms with E-state index in [-0.39, 0.29) is 27.9 Å². The van der Waals surface area contributed by atoms with Gasteiger partial charge in [0.1, 0.15) is 23.7 Å². The molecule has 1 aliphatic heterocycles. The molecule has 7 heteroatoms. The van der Waals surface area contributed by atoms with Crippen molar-refractivity contribution in [2.45, 2.75) is 27.3 Å². The first kappa shape index (κ1) is 17.8. The Labute approximate surface area is 162 Å². The Bertz CT molecular complexity index is 1020. The molecule has 27 heavy (non-hydrogen) atoms. The van der Waals surface area contributed by atoms with Crippen LogP contribution >= 0.6 is 11.6 Å². The molecule has 2 aromatic heterocycles. The minimum atomic E-state index is -0.249. The van der Waals surface area contributed by atoms with Crippen LogP contribution in [0.15, 0.2) is 36.8 Å². The fourth-order valence-electron chi connectivity index (χ4n) is 3.36. The topological polar surface area (TPSA) is 60.2 Å². The number of aromatic nitrogens is 3. The number of hydrogen-bond donors (Lipinski definition) is 0. The molecule has 6 nitrogen and oxygen atoms in total. The molecule has 1 aromatic carbocycles. The molecule has 4 rings (SSSR count). The zero-order valence-electron chi connectivity index (χ0n) is 15.6. The van der Waals surface area contributed by atoms with Crippen molar-refractivity contribution in [3.05, 3.63) is 47.5 Å². The number of ether oxygens (including phenoxy) is 1. The molecule has 0 spiro atoms. The molecule has 0 saturated carbocycles. The van der Waals surface area contributed by atoms with Gasteiger partial charge < -0.3 is 14.2 Å². The van der Waals surface area contributed by atoms with Gasteiger partial charge in [-0.05, 0) is 29.7 Å². The van der Waals surface area contributed by atoms with Gasteiger partial charge in [0.2, 0.25) is 5.88 Å². The van der Waals surface area contributed by atoms with Crippen molar-refractivity contribution in [1.82, 2.24) is 14.5 Å². The molecule has 0 aliphatic carbocycles. The minimum Gasteiger partial charge on any atom is -0.475 e. The van der Waals surface area contributed by atoms with Gasteiger partial charge in [-0.1, -0.05) is 32.4 Å². The standard InChI is InChI=1S/C20H21ClN4O2/c1-20(2,3)11-24-7-6-13-10-14(4-5-15(13)24)25-8-9-27-18-16(19(25)26)17(21)22-12-23-18/h4-7,10,12H,8-9,11H2,1-3H3. The first-order chi connectivity index (χ1) is 12.8. The van der Waals surface area contributed by atoms with Crippen LogP contribution in [0.3, 0.4) is 0 Å². The number of hydrogen-bond acceptors (Lipinski definition) is 4. The van der Waals surface area contributed by atoms with Gasteiger partial charge >= 0.3 is 0 Å². The highest BCUT2D eigenvalue weighted by atomic mass is 35.5. The van der Waals surface area contributed by atoms with Crippen molar-refractivity contribution in [2.24, 2.45) is 5.41 Å². The number of fused-ring (bicyclic) bond motifs is 2. The fraction of sp³-hybridized carbons (Fsp3) is 0.350. The van der Waals surface area contributed by atoms with Crippen molar-refractivity contribution in [2.75, 3.05) is 18.1 Å². The highest BCUT2D eigenvalue weighted by Crippen LogP contribution is 2.31. The monoisotopic (exact) mass is 384 g/mol. The second-order valence-corrected chi connectivity index (χ2v) is 8.26. The largest absolute Gasteiger partial charge is 0.475 e. The van der Waals surface area contributed by atoms with Crippen molar-refractivity contribution < 1.29 is 9.53 Å². The van der Waals surface area contributed by atoms with Crippen LogP contribution in [0.4, 0.5) is 5.69 Å². The molecular weight excluding hydrogens is 364 g/mol. The third kappa shape index (κ3) is 3.37. The zero-order chi connectivity index (χ0) is 19.2. The van der Waals surface area contributed by atoms with Crippen LogP contribution in [-0.4, -0.2) is 33.6 Å². The summed E-state index contributed by atoms with van der Waals surface area (Å²) in [6.07, 6.45) is 3.39. The van der Waals surface area contributed by atoms with Crippen LogP contribution in [0, 0.1) is 5.41 Å². The maximum Gasteiger partial charge on any atom is 0.267 e. The number of halogens is 1. The summed E-state index contributed by atoms with van der Waals surface area (Å²) in [5.41, 5.74) is 2.34. The van der Waals surface area contributed by atoms with E-state index >= 15 is 0 Å². The van der Waals surface area contributed by atoms with Crippen molar-refractivity contribution in [1.29, 1.82) is 0 Å². The third-order valence-corrected chi connectivity index (χ3v) is 4.78. The summed E-state index contributed by atoms with van der Waals surface area (Å²) < 4.78 is 7.84. The average Bonchev–Trinajstić information content (AvgIpc) is 2.89. The predicted molar refractivity (Wildman–Crippen MR) is 106 cm³/mol. The van der Waals surface area contributed by atoms with E-state index in [1.807, 2.05) is 12.1 Å². The molecule has 0 unspecified atom stereocenters. The first-order valence-electron chi connectivity index (χ1n) is 8.87. The maximum atomic E-state index is 13.1. The lowest BCUT2D eigenvalue weighted by Crippen LogP contribution is -2.32. The first-order valence-corrected chi connectivity index (χ1v) is 9.25. The third-order valence-electron chi connectivity index (χ3n) is 4.49. The number of benzene rings is 1. The summed E-state index contributed by atoms with van der Waals surface area (Å²) in [5, 5.41) is 1.19. The van der Waals surface area contributed by atoms with E-state index < -0.39 is 0 Å². The summed E-state index contributed by atoms with van der Waals surface area (Å²) in [4.78, 5) is 22.7. The molecule has 1 aliphatic rings. The Morgan fingerprint density at radius 2 is 2.04 bits per heavy atom. The quantitative estimate of drug-likeness (QED) is 0.622. The van der Waals surface area contributed by atoms with Gasteiger partial charge in [0.25, 0.3) is 5.91 Å². The van der Waals surface area contributed by atoms with E-state index in [0.717, 1.165) is 23.1 Å². The number of carbonyl (C=O) groups excluding carboxylic acids is 1. The normalized spacial score (nSPS) is 14.8. The second kappa shape index (κ2) is 6.53. The Morgan fingerprint density at radius 3 is 2.81 bits per heavy atom. The van der Waals surface area contributed by atoms with Crippen LogP contribution in [0.2, 0.25) is 5.15 Å². The molecule has 0 atom stereocenters. The molecule has 3 heterocycles. The summed E-state index contributed by atoms with van der Waals surface area (Å²) in [7, 11) is 0. The van der Waals surface area contributed by atoms with Gasteiger partial charge in [-0.25, -0.2) is 9.97 Å². The van der Waals surface area contributed by atoms with E-state index in [1.165, 1.54) is 6.33 Å². The van der Waals surface area contributed by atoms with Crippen LogP contribution in [0.5, 0.6) is 5.88 Å². The minimum absolute atomic E-state index is 0.106. The Balaban J connectivity index is 1.72. The smallest absolute Gasteiger partial charge is 0.267 e. The summed E-state index contributed by atoms with van der Waals surface area (Å²) in [5.74, 6) is -0.0125. The van der Waals surface area contributed by atoms with Crippen molar-refractivity contribution in [3.63, 3.8) is 0 Å². The van der Waals surface area contributed by atoms with Gasteiger partial charge in [-0.15, -0.1) is 0 Å². The lowest BCUT2D eigenvalue weighted by Gasteiger charge is -2.21. The number of rotatable bonds is 2. The number of anilines is 1. The molecule has 0 N–H and O–H groups in total. The summed E-state index contributed by atoms with van der Waals surface area (Å²) in [6, 6.07) is 8.12. The lowest BCUT2D eigenvalue weighted by atomic mass is 9.97. The highest BCUT2D eigenvalue weighted by molar-refractivity contribution is 6.33. The molecule has 3 aromatic rings. The number of nitrogens with zero attached hydrogens (tertiary/aromatic N) is 4. The number of amides is 1. The van der Waals surface area contributed by atoms with Gasteiger partial charge in [0, 0.05) is 29.3 Å². The highest BCUT2D eigenvalue weighted by Gasteiger charge is 2.29. The Kier molecular flexibility index (Phi) is 4.30. The van der Waals surface area contributed by atoms with E-state index in [1.54, 1.807) is 4.90 Å². The zero-order valence-corrected chi connectivity index (χ0v) is 16.3. The van der Waals surface area contributed by atoms with Crippen LogP contribution in [0.25, 0.3) is 10.9 Å². The van der Waals surface area contributed by atoms with Gasteiger partial charge in [0.05, 0.1) is 6.54 Å². The SMILES string of the molecule is CC(C)(C)Cn1ccc2cc(N3CCOc4ncnc(Cl)c4C3=O)ccc21. The Hall–Kier alpha value is -2.60. The predicted octanol–water partition coefficient (Wildman–Crippen LogP) is 4.17. The van der Waals surface area contributed by atoms with Crippen LogP contribution in [0.1, 0.15) is 31.1 Å². The summed E-state index contributed by atoms with van der Waals surface area (Å²) >= 11 is 6.14. The van der Waals surface area contributed by atoms with Gasteiger partial charge in [0.15, 0.2) is 0 Å². The van der Waals surface area contributed by atoms with E-state index in [4.69, 9.17) is 16.3 Å². The molecule has 0 fully saturated rings. The molecule has 0 radical (unpaired) electrons. The second-order valence-electron chi connectivity index (χ2n) is 7.90. The Morgan fingerprint density at radius 1 is 1.22 bits per heavy atom. The fourth-order valence-corrected chi connectivity index (χ4v) is 3.56.